The first-order valence-corrected chi connectivity index (χ1v) is 6.95. The highest BCUT2D eigenvalue weighted by molar-refractivity contribution is 5.65. The van der Waals surface area contributed by atoms with Crippen molar-refractivity contribution >= 4 is 6.09 Å². The average molecular weight is 316 g/mol. The number of tetrazole rings is 1. The number of ether oxygens (including phenoxy) is 1. The maximum atomic E-state index is 11.0. The smallest absolute Gasteiger partial charge is 0.405 e. The molecule has 120 valence electrons. The number of aryl methyl sites for hydroxylation is 1. The Balaban J connectivity index is 2.01. The van der Waals surface area contributed by atoms with Crippen LogP contribution in [0.1, 0.15) is 23.9 Å². The summed E-state index contributed by atoms with van der Waals surface area (Å²) in [5, 5.41) is 31.1. The van der Waals surface area contributed by atoms with Crippen LogP contribution >= 0.6 is 0 Å². The fraction of sp³-hybridized carbons (Fsp3) is 0.357. The molecule has 1 heterocycles. The van der Waals surface area contributed by atoms with Crippen LogP contribution in [0.25, 0.3) is 0 Å². The molecule has 2 N–H and O–H groups in total. The third-order valence-corrected chi connectivity index (χ3v) is 3.00. The molecule has 0 aliphatic carbocycles. The number of carboxylic acid groups (broad SMARTS) is 1. The molecule has 2 rings (SSSR count). The molecule has 0 radical (unpaired) electrons. The molecule has 9 heteroatoms. The largest absolute Gasteiger partial charge is 0.465 e. The van der Waals surface area contributed by atoms with Crippen LogP contribution in [-0.2, 0) is 17.9 Å². The van der Waals surface area contributed by atoms with Crippen LogP contribution in [-0.4, -0.2) is 38.0 Å². The van der Waals surface area contributed by atoms with E-state index in [4.69, 9.17) is 15.1 Å². The Morgan fingerprint density at radius 2 is 2.22 bits per heavy atom. The Hall–Kier alpha value is -2.99. The topological polar surface area (TPSA) is 126 Å². The van der Waals surface area contributed by atoms with Gasteiger partial charge in [-0.1, -0.05) is 30.3 Å². The number of carbonyl (C=O) groups is 1. The summed E-state index contributed by atoms with van der Waals surface area (Å²) in [6.07, 6.45) is -0.976. The van der Waals surface area contributed by atoms with Crippen LogP contribution in [0, 0.1) is 11.3 Å². The summed E-state index contributed by atoms with van der Waals surface area (Å²) in [4.78, 5) is 11.0. The van der Waals surface area contributed by atoms with E-state index in [-0.39, 0.29) is 19.6 Å². The van der Waals surface area contributed by atoms with Crippen molar-refractivity contribution in [3.63, 3.8) is 0 Å². The highest BCUT2D eigenvalue weighted by Crippen LogP contribution is 2.11. The molecule has 1 amide bonds. The van der Waals surface area contributed by atoms with Crippen molar-refractivity contribution < 1.29 is 14.6 Å². The molecule has 9 nitrogen and oxygen atoms in total. The minimum absolute atomic E-state index is 0.0775. The number of hydrogen-bond donors (Lipinski definition) is 2. The third kappa shape index (κ3) is 5.05. The Bertz CT molecular complexity index is 667. The summed E-state index contributed by atoms with van der Waals surface area (Å²) in [5.41, 5.74) is 0.977. The van der Waals surface area contributed by atoms with E-state index in [2.05, 4.69) is 20.8 Å². The van der Waals surface area contributed by atoms with Gasteiger partial charge < -0.3 is 15.2 Å². The SMILES string of the molecule is N#CCCn1nnnc1[C@H](COCc1ccccc1)NC(=O)O. The van der Waals surface area contributed by atoms with Crippen LogP contribution in [0.3, 0.4) is 0 Å². The van der Waals surface area contributed by atoms with Crippen LogP contribution in [0.5, 0.6) is 0 Å². The zero-order valence-corrected chi connectivity index (χ0v) is 12.3. The van der Waals surface area contributed by atoms with Crippen molar-refractivity contribution in [1.82, 2.24) is 25.5 Å². The number of nitrogens with one attached hydrogen (secondary N) is 1. The number of nitriles is 1. The number of benzene rings is 1. The van der Waals surface area contributed by atoms with E-state index >= 15 is 0 Å². The van der Waals surface area contributed by atoms with Gasteiger partial charge in [0.25, 0.3) is 0 Å². The van der Waals surface area contributed by atoms with Crippen LogP contribution in [0.15, 0.2) is 30.3 Å². The van der Waals surface area contributed by atoms with Gasteiger partial charge in [-0.3, -0.25) is 0 Å². The van der Waals surface area contributed by atoms with Crippen LogP contribution in [0.4, 0.5) is 4.79 Å². The molecule has 1 aromatic heterocycles. The lowest BCUT2D eigenvalue weighted by Gasteiger charge is -2.16. The molecule has 2 aromatic rings. The van der Waals surface area contributed by atoms with Gasteiger partial charge in [0.1, 0.15) is 6.04 Å². The fourth-order valence-electron chi connectivity index (χ4n) is 1.97. The lowest BCUT2D eigenvalue weighted by molar-refractivity contribution is 0.0930. The minimum atomic E-state index is -1.20. The molecule has 0 bridgehead atoms. The summed E-state index contributed by atoms with van der Waals surface area (Å²) in [6, 6.07) is 10.8. The van der Waals surface area contributed by atoms with E-state index in [1.54, 1.807) is 0 Å². The lowest BCUT2D eigenvalue weighted by atomic mass is 10.2. The summed E-state index contributed by atoms with van der Waals surface area (Å²) in [6.45, 7) is 0.710. The van der Waals surface area contributed by atoms with Gasteiger partial charge in [0.2, 0.25) is 0 Å². The van der Waals surface area contributed by atoms with E-state index in [1.165, 1.54) is 4.68 Å². The molecule has 1 aromatic carbocycles. The van der Waals surface area contributed by atoms with Crippen LogP contribution in [0.2, 0.25) is 0 Å². The maximum absolute atomic E-state index is 11.0. The summed E-state index contributed by atoms with van der Waals surface area (Å²) in [5.74, 6) is 0.315. The van der Waals surface area contributed by atoms with Gasteiger partial charge in [0, 0.05) is 0 Å². The van der Waals surface area contributed by atoms with Crippen molar-refractivity contribution in [1.29, 1.82) is 5.26 Å². The number of rotatable bonds is 8. The molecule has 1 atom stereocenters. The lowest BCUT2D eigenvalue weighted by Crippen LogP contribution is -2.32. The molecule has 0 aliphatic heterocycles. The second-order valence-corrected chi connectivity index (χ2v) is 4.67. The molecule has 0 saturated carbocycles. The molecule has 0 aliphatic rings. The first-order chi connectivity index (χ1) is 11.2. The second kappa shape index (κ2) is 8.45. The molecule has 23 heavy (non-hydrogen) atoms. The van der Waals surface area contributed by atoms with E-state index in [1.807, 2.05) is 36.4 Å². The minimum Gasteiger partial charge on any atom is -0.465 e. The molecule has 0 unspecified atom stereocenters. The van der Waals surface area contributed by atoms with Crippen molar-refractivity contribution in [3.05, 3.63) is 41.7 Å². The van der Waals surface area contributed by atoms with Gasteiger partial charge >= 0.3 is 6.09 Å². The zero-order valence-electron chi connectivity index (χ0n) is 12.3. The zero-order chi connectivity index (χ0) is 16.5. The number of amides is 1. The quantitative estimate of drug-likeness (QED) is 0.747. The fourth-order valence-corrected chi connectivity index (χ4v) is 1.97. The maximum Gasteiger partial charge on any atom is 0.405 e. The molecule has 0 spiro atoms. The van der Waals surface area contributed by atoms with Crippen molar-refractivity contribution in [2.45, 2.75) is 25.6 Å². The third-order valence-electron chi connectivity index (χ3n) is 3.00. The molecule has 0 fully saturated rings. The van der Waals surface area contributed by atoms with Crippen molar-refractivity contribution in [2.24, 2.45) is 0 Å². The molecular weight excluding hydrogens is 300 g/mol. The monoisotopic (exact) mass is 316 g/mol. The summed E-state index contributed by atoms with van der Waals surface area (Å²) in [7, 11) is 0. The second-order valence-electron chi connectivity index (χ2n) is 4.67. The van der Waals surface area contributed by atoms with E-state index < -0.39 is 12.1 Å². The van der Waals surface area contributed by atoms with E-state index in [0.717, 1.165) is 5.56 Å². The van der Waals surface area contributed by atoms with Crippen LogP contribution < -0.4 is 5.32 Å². The summed E-state index contributed by atoms with van der Waals surface area (Å²) >= 11 is 0. The Labute approximate surface area is 132 Å². The highest BCUT2D eigenvalue weighted by atomic mass is 16.5. The van der Waals surface area contributed by atoms with Gasteiger partial charge in [0.05, 0.1) is 32.2 Å². The van der Waals surface area contributed by atoms with E-state index in [0.29, 0.717) is 12.4 Å². The number of hydrogen-bond acceptors (Lipinski definition) is 6. The highest BCUT2D eigenvalue weighted by Gasteiger charge is 2.21. The van der Waals surface area contributed by atoms with Gasteiger partial charge in [0.15, 0.2) is 5.82 Å². The van der Waals surface area contributed by atoms with Gasteiger partial charge in [-0.2, -0.15) is 5.26 Å². The average Bonchev–Trinajstić information content (AvgIpc) is 3.01. The Kier molecular flexibility index (Phi) is 6.02. The number of aromatic nitrogens is 4. The molecule has 0 saturated heterocycles. The predicted octanol–water partition coefficient (Wildman–Crippen LogP) is 1.11. The van der Waals surface area contributed by atoms with Crippen molar-refractivity contribution in [2.75, 3.05) is 6.61 Å². The summed E-state index contributed by atoms with van der Waals surface area (Å²) < 4.78 is 6.96. The van der Waals surface area contributed by atoms with Gasteiger partial charge in [-0.25, -0.2) is 9.48 Å². The normalized spacial score (nSPS) is 11.6. The first kappa shape index (κ1) is 16.4. The van der Waals surface area contributed by atoms with Gasteiger partial charge in [-0.15, -0.1) is 5.10 Å². The van der Waals surface area contributed by atoms with Gasteiger partial charge in [-0.05, 0) is 16.0 Å². The van der Waals surface area contributed by atoms with E-state index in [9.17, 15) is 4.79 Å². The Morgan fingerprint density at radius 3 is 2.91 bits per heavy atom. The number of nitrogens with zero attached hydrogens (tertiary/aromatic N) is 5. The molecular formula is C14H16N6O3. The standard InChI is InChI=1S/C14H16N6O3/c15-7-4-8-20-13(17-18-19-20)12(16-14(21)22)10-23-9-11-5-2-1-3-6-11/h1-3,5-6,12,16H,4,8-10H2,(H,21,22)/t12-/m0/s1. The first-order valence-electron chi connectivity index (χ1n) is 6.95. The van der Waals surface area contributed by atoms with Crippen molar-refractivity contribution in [3.8, 4) is 6.07 Å². The Morgan fingerprint density at radius 1 is 1.43 bits per heavy atom. The predicted molar refractivity (Wildman–Crippen MR) is 78.0 cm³/mol.